The van der Waals surface area contributed by atoms with Crippen LogP contribution in [0.25, 0.3) is 0 Å². The van der Waals surface area contributed by atoms with E-state index in [4.69, 9.17) is 21.2 Å². The molecule has 0 bridgehead atoms. The monoisotopic (exact) mass is 247 g/mol. The van der Waals surface area contributed by atoms with Crippen LogP contribution in [0.2, 0.25) is 5.02 Å². The van der Waals surface area contributed by atoms with Crippen LogP contribution < -0.4 is 5.48 Å². The van der Waals surface area contributed by atoms with Gasteiger partial charge in [0.2, 0.25) is 0 Å². The molecule has 0 unspecified atom stereocenters. The molecule has 1 N–H and O–H groups in total. The lowest BCUT2D eigenvalue weighted by atomic mass is 10.2. The first-order valence-electron chi connectivity index (χ1n) is 4.52. The van der Waals surface area contributed by atoms with Crippen LogP contribution in [0.1, 0.15) is 10.4 Å². The first-order chi connectivity index (χ1) is 7.66. The van der Waals surface area contributed by atoms with Crippen molar-refractivity contribution >= 4 is 17.5 Å². The van der Waals surface area contributed by atoms with Gasteiger partial charge < -0.3 is 4.74 Å². The number of amides is 1. The zero-order chi connectivity index (χ0) is 12.0. The highest BCUT2D eigenvalue weighted by atomic mass is 35.5. The second-order valence-electron chi connectivity index (χ2n) is 2.87. The lowest BCUT2D eigenvalue weighted by Gasteiger charge is -2.06. The molecule has 1 aromatic rings. The Morgan fingerprint density at radius 1 is 1.50 bits per heavy atom. The smallest absolute Gasteiger partial charge is 0.276 e. The summed E-state index contributed by atoms with van der Waals surface area (Å²) >= 11 is 5.61. The number of nitrogens with one attached hydrogen (secondary N) is 1. The van der Waals surface area contributed by atoms with Crippen LogP contribution in [0, 0.1) is 5.82 Å². The van der Waals surface area contributed by atoms with E-state index in [1.54, 1.807) is 0 Å². The average Bonchev–Trinajstić information content (AvgIpc) is 2.28. The molecule has 1 aromatic carbocycles. The van der Waals surface area contributed by atoms with E-state index in [0.29, 0.717) is 6.61 Å². The Kier molecular flexibility index (Phi) is 5.18. The average molecular weight is 248 g/mol. The summed E-state index contributed by atoms with van der Waals surface area (Å²) in [7, 11) is 1.51. The molecule has 0 aliphatic carbocycles. The minimum absolute atomic E-state index is 0.0269. The molecule has 6 heteroatoms. The highest BCUT2D eigenvalue weighted by molar-refractivity contribution is 6.33. The summed E-state index contributed by atoms with van der Waals surface area (Å²) in [6, 6.07) is 3.97. The van der Waals surface area contributed by atoms with Crippen molar-refractivity contribution in [2.24, 2.45) is 0 Å². The van der Waals surface area contributed by atoms with Crippen molar-refractivity contribution in [2.75, 3.05) is 20.3 Å². The number of carbonyl (C=O) groups excluding carboxylic acids is 1. The second-order valence-corrected chi connectivity index (χ2v) is 3.25. The van der Waals surface area contributed by atoms with Crippen molar-refractivity contribution in [1.82, 2.24) is 5.48 Å². The minimum Gasteiger partial charge on any atom is -0.382 e. The Morgan fingerprint density at radius 3 is 2.94 bits per heavy atom. The zero-order valence-electron chi connectivity index (χ0n) is 8.63. The number of halogens is 2. The predicted molar refractivity (Wildman–Crippen MR) is 56.7 cm³/mol. The molecule has 1 rings (SSSR count). The Balaban J connectivity index is 2.56. The van der Waals surface area contributed by atoms with Crippen LogP contribution in [0.3, 0.4) is 0 Å². The largest absolute Gasteiger partial charge is 0.382 e. The molecule has 16 heavy (non-hydrogen) atoms. The zero-order valence-corrected chi connectivity index (χ0v) is 9.38. The molecule has 88 valence electrons. The van der Waals surface area contributed by atoms with Crippen molar-refractivity contribution in [3.05, 3.63) is 34.6 Å². The number of hydrogen-bond donors (Lipinski definition) is 1. The Labute approximate surface area is 97.3 Å². The number of ether oxygens (including phenoxy) is 1. The molecular weight excluding hydrogens is 237 g/mol. The van der Waals surface area contributed by atoms with Crippen molar-refractivity contribution in [1.29, 1.82) is 0 Å². The molecule has 4 nitrogen and oxygen atoms in total. The number of hydroxylamine groups is 1. The van der Waals surface area contributed by atoms with Gasteiger partial charge in [0.25, 0.3) is 5.91 Å². The summed E-state index contributed by atoms with van der Waals surface area (Å²) in [4.78, 5) is 16.2. The lowest BCUT2D eigenvalue weighted by Crippen LogP contribution is -2.25. The molecule has 0 aliphatic heterocycles. The third kappa shape index (κ3) is 3.44. The fourth-order valence-electron chi connectivity index (χ4n) is 0.976. The highest BCUT2D eigenvalue weighted by Gasteiger charge is 2.12. The summed E-state index contributed by atoms with van der Waals surface area (Å²) in [6.07, 6.45) is 0. The van der Waals surface area contributed by atoms with Gasteiger partial charge in [-0.3, -0.25) is 9.63 Å². The number of carbonyl (C=O) groups is 1. The molecule has 0 saturated carbocycles. The van der Waals surface area contributed by atoms with E-state index in [2.05, 4.69) is 5.48 Å². The van der Waals surface area contributed by atoms with Crippen LogP contribution >= 0.6 is 11.6 Å². The first-order valence-corrected chi connectivity index (χ1v) is 4.89. The van der Waals surface area contributed by atoms with E-state index in [1.165, 1.54) is 25.3 Å². The Morgan fingerprint density at radius 2 is 2.25 bits per heavy atom. The summed E-state index contributed by atoms with van der Waals surface area (Å²) in [6.45, 7) is 0.548. The molecule has 0 aliphatic rings. The van der Waals surface area contributed by atoms with E-state index in [-0.39, 0.29) is 17.2 Å². The molecule has 0 spiro atoms. The van der Waals surface area contributed by atoms with Crippen molar-refractivity contribution < 1.29 is 18.8 Å². The normalized spacial score (nSPS) is 10.2. The van der Waals surface area contributed by atoms with E-state index < -0.39 is 11.7 Å². The maximum atomic E-state index is 13.0. The minimum atomic E-state index is -0.647. The summed E-state index contributed by atoms with van der Waals surface area (Å²) in [5.74, 6) is -1.24. The number of hydrogen-bond acceptors (Lipinski definition) is 3. The van der Waals surface area contributed by atoms with Gasteiger partial charge in [-0.2, -0.15) is 0 Å². The third-order valence-electron chi connectivity index (χ3n) is 1.75. The molecule has 0 fully saturated rings. The van der Waals surface area contributed by atoms with Crippen LogP contribution in [-0.4, -0.2) is 26.2 Å². The predicted octanol–water partition coefficient (Wildman–Crippen LogP) is 1.79. The fourth-order valence-corrected chi connectivity index (χ4v) is 1.19. The molecule has 0 heterocycles. The molecule has 0 aromatic heterocycles. The van der Waals surface area contributed by atoms with E-state index in [9.17, 15) is 9.18 Å². The number of methoxy groups -OCH3 is 1. The van der Waals surface area contributed by atoms with Gasteiger partial charge in [-0.15, -0.1) is 0 Å². The Hall–Kier alpha value is -1.17. The summed E-state index contributed by atoms with van der Waals surface area (Å²) in [5.41, 5.74) is 2.16. The second kappa shape index (κ2) is 6.42. The van der Waals surface area contributed by atoms with Crippen LogP contribution in [0.4, 0.5) is 4.39 Å². The van der Waals surface area contributed by atoms with Gasteiger partial charge in [-0.25, -0.2) is 9.87 Å². The quantitative estimate of drug-likeness (QED) is 0.637. The van der Waals surface area contributed by atoms with Crippen molar-refractivity contribution in [2.45, 2.75) is 0 Å². The van der Waals surface area contributed by atoms with Gasteiger partial charge in [0, 0.05) is 7.11 Å². The van der Waals surface area contributed by atoms with E-state index in [1.807, 2.05) is 0 Å². The number of benzene rings is 1. The SMILES string of the molecule is COCCONC(=O)c1cccc(F)c1Cl. The van der Waals surface area contributed by atoms with E-state index in [0.717, 1.165) is 0 Å². The molecule has 0 saturated heterocycles. The highest BCUT2D eigenvalue weighted by Crippen LogP contribution is 2.19. The van der Waals surface area contributed by atoms with Crippen LogP contribution in [0.5, 0.6) is 0 Å². The molecule has 1 amide bonds. The third-order valence-corrected chi connectivity index (χ3v) is 2.13. The fraction of sp³-hybridized carbons (Fsp3) is 0.300. The van der Waals surface area contributed by atoms with E-state index >= 15 is 0 Å². The van der Waals surface area contributed by atoms with Crippen LogP contribution in [0.15, 0.2) is 18.2 Å². The maximum absolute atomic E-state index is 13.0. The van der Waals surface area contributed by atoms with Gasteiger partial charge in [-0.05, 0) is 12.1 Å². The lowest BCUT2D eigenvalue weighted by molar-refractivity contribution is 0.00887. The molecule has 0 radical (unpaired) electrons. The molecule has 0 atom stereocenters. The summed E-state index contributed by atoms with van der Waals surface area (Å²) in [5, 5.41) is -0.227. The van der Waals surface area contributed by atoms with Crippen LogP contribution in [-0.2, 0) is 9.57 Å². The standard InChI is InChI=1S/C10H11ClFNO3/c1-15-5-6-16-13-10(14)7-3-2-4-8(12)9(7)11/h2-4H,5-6H2,1H3,(H,13,14). The van der Waals surface area contributed by atoms with Gasteiger partial charge in [0.1, 0.15) is 5.82 Å². The molecular formula is C10H11ClFNO3. The summed E-state index contributed by atoms with van der Waals surface area (Å²) < 4.78 is 17.7. The van der Waals surface area contributed by atoms with Gasteiger partial charge in [0.15, 0.2) is 0 Å². The van der Waals surface area contributed by atoms with Crippen molar-refractivity contribution in [3.8, 4) is 0 Å². The van der Waals surface area contributed by atoms with Gasteiger partial charge in [-0.1, -0.05) is 17.7 Å². The van der Waals surface area contributed by atoms with Crippen molar-refractivity contribution in [3.63, 3.8) is 0 Å². The first kappa shape index (κ1) is 12.9. The van der Waals surface area contributed by atoms with Gasteiger partial charge in [0.05, 0.1) is 23.8 Å². The maximum Gasteiger partial charge on any atom is 0.276 e. The Bertz CT molecular complexity index is 373. The topological polar surface area (TPSA) is 47.6 Å². The number of rotatable bonds is 5. The van der Waals surface area contributed by atoms with Gasteiger partial charge >= 0.3 is 0 Å².